The molecule has 0 bridgehead atoms. The average Bonchev–Trinajstić information content (AvgIpc) is 2.90. The van der Waals surface area contributed by atoms with Gasteiger partial charge < -0.3 is 14.0 Å². The number of rotatable bonds is 4. The highest BCUT2D eigenvalue weighted by atomic mass is 32.2. The van der Waals surface area contributed by atoms with E-state index in [1.165, 1.54) is 30.3 Å². The molecule has 0 atom stereocenters. The lowest BCUT2D eigenvalue weighted by Crippen LogP contribution is -2.35. The monoisotopic (exact) mass is 394 g/mol. The molecule has 9 heteroatoms. The summed E-state index contributed by atoms with van der Waals surface area (Å²) in [5.41, 5.74) is 0.938. The average molecular weight is 394 g/mol. The zero-order valence-electron chi connectivity index (χ0n) is 15.4. The summed E-state index contributed by atoms with van der Waals surface area (Å²) in [5, 5.41) is 0. The molecule has 6 nitrogen and oxygen atoms in total. The minimum absolute atomic E-state index is 0.294. The van der Waals surface area contributed by atoms with Crippen LogP contribution >= 0.6 is 0 Å². The van der Waals surface area contributed by atoms with Crippen LogP contribution in [0.25, 0.3) is 0 Å². The first-order valence-electron chi connectivity index (χ1n) is 8.32. The second kappa shape index (κ2) is 6.90. The van der Waals surface area contributed by atoms with Gasteiger partial charge in [0.1, 0.15) is 17.3 Å². The summed E-state index contributed by atoms with van der Waals surface area (Å²) in [6, 6.07) is 6.59. The van der Waals surface area contributed by atoms with Gasteiger partial charge in [-0.1, -0.05) is 0 Å². The molecule has 3 rings (SSSR count). The van der Waals surface area contributed by atoms with Crippen molar-refractivity contribution >= 4 is 22.7 Å². The number of hydrogen-bond donors (Lipinski definition) is 1. The van der Waals surface area contributed by atoms with Gasteiger partial charge in [0, 0.05) is 5.46 Å². The molecule has 0 aliphatic carbocycles. The Hall–Kier alpha value is -1.94. The van der Waals surface area contributed by atoms with Gasteiger partial charge in [-0.25, -0.2) is 4.39 Å². The predicted octanol–water partition coefficient (Wildman–Crippen LogP) is 3.00. The van der Waals surface area contributed by atoms with Gasteiger partial charge in [-0.15, -0.1) is 0 Å². The third-order valence-corrected chi connectivity index (χ3v) is 5.03. The minimum Gasteiger partial charge on any atom is -0.457 e. The molecule has 0 aromatic heterocycles. The Morgan fingerprint density at radius 1 is 1.19 bits per heavy atom. The van der Waals surface area contributed by atoms with Crippen molar-refractivity contribution in [1.82, 2.24) is 0 Å². The van der Waals surface area contributed by atoms with Crippen molar-refractivity contribution in [3.8, 4) is 11.5 Å². The van der Waals surface area contributed by atoms with Crippen molar-refractivity contribution in [1.29, 1.82) is 0 Å². The van der Waals surface area contributed by atoms with Crippen molar-refractivity contribution < 1.29 is 31.4 Å². The lowest BCUT2D eigenvalue weighted by atomic mass is 9.78. The Morgan fingerprint density at radius 2 is 1.81 bits per heavy atom. The van der Waals surface area contributed by atoms with Crippen LogP contribution in [-0.4, -0.2) is 32.3 Å². The lowest BCUT2D eigenvalue weighted by Gasteiger charge is -2.18. The van der Waals surface area contributed by atoms with Crippen LogP contribution in [0.2, 0.25) is 0 Å². The van der Waals surface area contributed by atoms with Gasteiger partial charge >= 0.3 is 7.12 Å². The maximum Gasteiger partial charge on any atom is 0.498 e. The first-order chi connectivity index (χ1) is 12.5. The van der Waals surface area contributed by atoms with E-state index < -0.39 is 22.8 Å². The highest BCUT2D eigenvalue weighted by Crippen LogP contribution is 2.31. The summed E-state index contributed by atoms with van der Waals surface area (Å²) in [6.45, 7) is 7.41. The highest BCUT2D eigenvalue weighted by molar-refractivity contribution is 7.85. The van der Waals surface area contributed by atoms with E-state index in [1.807, 2.05) is 13.8 Å². The molecule has 0 saturated carbocycles. The Morgan fingerprint density at radius 3 is 2.33 bits per heavy atom. The molecule has 1 heterocycles. The third-order valence-electron chi connectivity index (χ3n) is 4.18. The topological polar surface area (TPSA) is 82.1 Å². The fraction of sp³-hybridized carbons (Fsp3) is 0.333. The summed E-state index contributed by atoms with van der Waals surface area (Å²) >= 11 is 0. The van der Waals surface area contributed by atoms with Crippen LogP contribution in [0.5, 0.6) is 11.5 Å². The van der Waals surface area contributed by atoms with Crippen molar-refractivity contribution in [3.05, 3.63) is 47.3 Å². The normalized spacial score (nSPS) is 16.6. The number of benzene rings is 2. The van der Waals surface area contributed by atoms with Gasteiger partial charge in [0.25, 0.3) is 10.1 Å². The summed E-state index contributed by atoms with van der Waals surface area (Å²) in [6.07, 6.45) is 0. The zero-order chi connectivity index (χ0) is 20.0. The maximum atomic E-state index is 13.6. The van der Waals surface area contributed by atoms with Crippen LogP contribution in [-0.2, 0) is 19.4 Å². The van der Waals surface area contributed by atoms with Crippen molar-refractivity contribution in [3.63, 3.8) is 0 Å². The van der Waals surface area contributed by atoms with Gasteiger partial charge in [-0.05, 0) is 69.2 Å². The lowest BCUT2D eigenvalue weighted by molar-refractivity contribution is 0.137. The minimum atomic E-state index is -4.41. The van der Waals surface area contributed by atoms with E-state index in [9.17, 15) is 17.4 Å². The molecule has 1 aliphatic rings. The number of ether oxygens (including phenoxy) is 1. The maximum absolute atomic E-state index is 13.6. The SMILES string of the molecule is Cc1cc(F)cc(C)c1Oc1ccc(S(=O)(=O)O)cc1B1OCC(C)(C)O1. The van der Waals surface area contributed by atoms with Crippen LogP contribution in [0.4, 0.5) is 4.39 Å². The Labute approximate surface area is 158 Å². The van der Waals surface area contributed by atoms with E-state index in [0.29, 0.717) is 34.7 Å². The quantitative estimate of drug-likeness (QED) is 0.634. The molecule has 1 N–H and O–H groups in total. The molecule has 0 amide bonds. The van der Waals surface area contributed by atoms with E-state index >= 15 is 0 Å². The summed E-state index contributed by atoms with van der Waals surface area (Å²) in [5.74, 6) is 0.376. The van der Waals surface area contributed by atoms with Crippen LogP contribution in [0.15, 0.2) is 35.2 Å². The summed E-state index contributed by atoms with van der Waals surface area (Å²) < 4.78 is 63.4. The Bertz CT molecular complexity index is 966. The van der Waals surface area contributed by atoms with E-state index in [4.69, 9.17) is 14.0 Å². The zero-order valence-corrected chi connectivity index (χ0v) is 16.3. The van der Waals surface area contributed by atoms with Crippen LogP contribution in [0, 0.1) is 19.7 Å². The van der Waals surface area contributed by atoms with Crippen molar-refractivity contribution in [2.24, 2.45) is 0 Å². The van der Waals surface area contributed by atoms with Crippen molar-refractivity contribution in [2.75, 3.05) is 6.61 Å². The van der Waals surface area contributed by atoms with Crippen molar-refractivity contribution in [2.45, 2.75) is 38.2 Å². The molecule has 27 heavy (non-hydrogen) atoms. The highest BCUT2D eigenvalue weighted by Gasteiger charge is 2.40. The van der Waals surface area contributed by atoms with Gasteiger partial charge in [0.2, 0.25) is 0 Å². The fourth-order valence-electron chi connectivity index (χ4n) is 2.92. The molecule has 2 aromatic carbocycles. The molecule has 0 unspecified atom stereocenters. The first kappa shape index (κ1) is 19.8. The van der Waals surface area contributed by atoms with Crippen LogP contribution < -0.4 is 10.2 Å². The van der Waals surface area contributed by atoms with Crippen LogP contribution in [0.3, 0.4) is 0 Å². The molecule has 1 fully saturated rings. The second-order valence-corrected chi connectivity index (χ2v) is 8.59. The molecule has 144 valence electrons. The molecule has 1 aliphatic heterocycles. The smallest absolute Gasteiger partial charge is 0.457 e. The molecule has 2 aromatic rings. The fourth-order valence-corrected chi connectivity index (χ4v) is 3.44. The first-order valence-corrected chi connectivity index (χ1v) is 9.76. The van der Waals surface area contributed by atoms with Gasteiger partial charge in [0.15, 0.2) is 0 Å². The van der Waals surface area contributed by atoms with E-state index in [0.717, 1.165) is 0 Å². The second-order valence-electron chi connectivity index (χ2n) is 7.17. The van der Waals surface area contributed by atoms with Gasteiger partial charge in [-0.2, -0.15) is 8.42 Å². The predicted molar refractivity (Wildman–Crippen MR) is 98.7 cm³/mol. The molecular weight excluding hydrogens is 374 g/mol. The summed E-state index contributed by atoms with van der Waals surface area (Å²) in [4.78, 5) is -0.297. The molecular formula is C18H20BFO6S. The van der Waals surface area contributed by atoms with E-state index in [2.05, 4.69) is 0 Å². The standard InChI is InChI=1S/C18H20BFO6S/c1-11-7-13(20)8-12(2)17(11)25-16-6-5-14(27(21,22)23)9-15(16)19-24-10-18(3,4)26-19/h5-9H,10H2,1-4H3,(H,21,22,23). The van der Waals surface area contributed by atoms with Gasteiger partial charge in [-0.3, -0.25) is 4.55 Å². The number of aryl methyl sites for hydroxylation is 2. The van der Waals surface area contributed by atoms with Gasteiger partial charge in [0.05, 0.1) is 17.1 Å². The molecule has 0 radical (unpaired) electrons. The van der Waals surface area contributed by atoms with Crippen LogP contribution in [0.1, 0.15) is 25.0 Å². The number of halogens is 1. The molecule has 0 spiro atoms. The largest absolute Gasteiger partial charge is 0.498 e. The Kier molecular flexibility index (Phi) is 5.07. The summed E-state index contributed by atoms with van der Waals surface area (Å²) in [7, 11) is -5.27. The van der Waals surface area contributed by atoms with E-state index in [-0.39, 0.29) is 10.7 Å². The third kappa shape index (κ3) is 4.32. The number of hydrogen-bond acceptors (Lipinski definition) is 5. The molecule has 1 saturated heterocycles. The van der Waals surface area contributed by atoms with E-state index in [1.54, 1.807) is 13.8 Å². The Balaban J connectivity index is 2.07.